The van der Waals surface area contributed by atoms with Gasteiger partial charge in [-0.05, 0) is 74.5 Å². The average molecular weight is 367 g/mol. The minimum Gasteiger partial charge on any atom is -0.508 e. The number of phenolic OH excluding ortho intramolecular Hbond substituents is 1. The molecule has 1 atom stereocenters. The molecule has 1 aliphatic heterocycles. The summed E-state index contributed by atoms with van der Waals surface area (Å²) in [5.74, 6) is 0.522. The molecule has 27 heavy (non-hydrogen) atoms. The number of amides is 1. The van der Waals surface area contributed by atoms with E-state index in [1.54, 1.807) is 18.5 Å². The first-order valence-electron chi connectivity index (χ1n) is 9.76. The van der Waals surface area contributed by atoms with Crippen LogP contribution < -0.4 is 0 Å². The van der Waals surface area contributed by atoms with Gasteiger partial charge in [0, 0.05) is 31.5 Å². The first kappa shape index (κ1) is 19.4. The number of aromatic hydroxyl groups is 1. The Morgan fingerprint density at radius 2 is 2.04 bits per heavy atom. The molecule has 1 saturated heterocycles. The van der Waals surface area contributed by atoms with Gasteiger partial charge in [0.1, 0.15) is 5.75 Å². The summed E-state index contributed by atoms with van der Waals surface area (Å²) < 4.78 is 0. The molecule has 2 aromatic rings. The van der Waals surface area contributed by atoms with Crippen LogP contribution in [0.5, 0.6) is 5.75 Å². The van der Waals surface area contributed by atoms with Crippen LogP contribution in [0.4, 0.5) is 0 Å². The first-order valence-corrected chi connectivity index (χ1v) is 9.76. The molecule has 1 aromatic heterocycles. The molecule has 1 aromatic carbocycles. The van der Waals surface area contributed by atoms with Gasteiger partial charge in [0.15, 0.2) is 0 Å². The molecule has 1 fully saturated rings. The van der Waals surface area contributed by atoms with Crippen LogP contribution in [0.3, 0.4) is 0 Å². The predicted octanol–water partition coefficient (Wildman–Crippen LogP) is 3.23. The number of benzene rings is 1. The number of phenols is 1. The van der Waals surface area contributed by atoms with Crippen molar-refractivity contribution in [3.63, 3.8) is 0 Å². The topological polar surface area (TPSA) is 56.7 Å². The number of piperidine rings is 1. The Bertz CT molecular complexity index is 735. The highest BCUT2D eigenvalue weighted by atomic mass is 16.3. The molecule has 5 nitrogen and oxygen atoms in total. The molecule has 0 spiro atoms. The third-order valence-electron chi connectivity index (χ3n) is 5.23. The summed E-state index contributed by atoms with van der Waals surface area (Å²) in [4.78, 5) is 21.1. The second-order valence-corrected chi connectivity index (χ2v) is 7.47. The van der Waals surface area contributed by atoms with Crippen LogP contribution in [0.1, 0.15) is 36.8 Å². The van der Waals surface area contributed by atoms with E-state index in [9.17, 15) is 9.90 Å². The van der Waals surface area contributed by atoms with Crippen LogP contribution in [0.15, 0.2) is 48.8 Å². The van der Waals surface area contributed by atoms with E-state index in [1.165, 1.54) is 12.0 Å². The van der Waals surface area contributed by atoms with E-state index in [-0.39, 0.29) is 5.91 Å². The molecule has 144 valence electrons. The zero-order valence-electron chi connectivity index (χ0n) is 16.1. The van der Waals surface area contributed by atoms with Gasteiger partial charge in [0.25, 0.3) is 0 Å². The van der Waals surface area contributed by atoms with Crippen LogP contribution in [-0.2, 0) is 17.8 Å². The van der Waals surface area contributed by atoms with E-state index in [2.05, 4.69) is 14.8 Å². The lowest BCUT2D eigenvalue weighted by Crippen LogP contribution is -2.47. The lowest BCUT2D eigenvalue weighted by atomic mass is 9.95. The summed E-state index contributed by atoms with van der Waals surface area (Å²) in [5.41, 5.74) is 2.29. The summed E-state index contributed by atoms with van der Waals surface area (Å²) in [5, 5.41) is 9.64. The third kappa shape index (κ3) is 5.79. The summed E-state index contributed by atoms with van der Waals surface area (Å²) >= 11 is 0. The number of likely N-dealkylation sites (tertiary alicyclic amines) is 1. The molecule has 0 bridgehead atoms. The van der Waals surface area contributed by atoms with Crippen molar-refractivity contribution in [2.24, 2.45) is 0 Å². The van der Waals surface area contributed by atoms with Gasteiger partial charge in [-0.15, -0.1) is 0 Å². The minimum absolute atomic E-state index is 0.215. The van der Waals surface area contributed by atoms with Gasteiger partial charge >= 0.3 is 0 Å². The van der Waals surface area contributed by atoms with Crippen molar-refractivity contribution >= 4 is 5.91 Å². The second-order valence-electron chi connectivity index (χ2n) is 7.47. The number of hydrogen-bond donors (Lipinski definition) is 1. The first-order chi connectivity index (χ1) is 13.1. The molecule has 0 radical (unpaired) electrons. The summed E-state index contributed by atoms with van der Waals surface area (Å²) in [6.45, 7) is 2.04. The second kappa shape index (κ2) is 9.51. The zero-order valence-corrected chi connectivity index (χ0v) is 16.1. The lowest BCUT2D eigenvalue weighted by Gasteiger charge is -2.37. The Morgan fingerprint density at radius 3 is 2.81 bits per heavy atom. The molecule has 1 unspecified atom stereocenters. The van der Waals surface area contributed by atoms with E-state index >= 15 is 0 Å². The number of nitrogens with zero attached hydrogens (tertiary/aromatic N) is 3. The number of carbonyl (C=O) groups is 1. The maximum atomic E-state index is 12.9. The summed E-state index contributed by atoms with van der Waals surface area (Å²) in [6.07, 6.45) is 8.74. The van der Waals surface area contributed by atoms with E-state index in [0.717, 1.165) is 44.3 Å². The van der Waals surface area contributed by atoms with Crippen LogP contribution in [0, 0.1) is 0 Å². The fourth-order valence-corrected chi connectivity index (χ4v) is 3.85. The van der Waals surface area contributed by atoms with Gasteiger partial charge in [-0.2, -0.15) is 0 Å². The lowest BCUT2D eigenvalue weighted by molar-refractivity contribution is -0.136. The van der Waals surface area contributed by atoms with Crippen molar-refractivity contribution < 1.29 is 9.90 Å². The normalized spacial score (nSPS) is 17.3. The largest absolute Gasteiger partial charge is 0.508 e. The Morgan fingerprint density at radius 1 is 1.22 bits per heavy atom. The van der Waals surface area contributed by atoms with Gasteiger partial charge in [-0.3, -0.25) is 14.7 Å². The molecule has 0 saturated carbocycles. The van der Waals surface area contributed by atoms with Gasteiger partial charge in [-0.25, -0.2) is 0 Å². The minimum atomic E-state index is 0.215. The predicted molar refractivity (Wildman–Crippen MR) is 106 cm³/mol. The van der Waals surface area contributed by atoms with E-state index in [4.69, 9.17) is 0 Å². The summed E-state index contributed by atoms with van der Waals surface area (Å²) in [6, 6.07) is 11.7. The smallest absolute Gasteiger partial charge is 0.236 e. The van der Waals surface area contributed by atoms with Crippen LogP contribution in [0.2, 0.25) is 0 Å². The van der Waals surface area contributed by atoms with Crippen LogP contribution in [0.25, 0.3) is 0 Å². The molecular weight excluding hydrogens is 338 g/mol. The number of carbonyl (C=O) groups excluding carboxylic acids is 1. The number of hydrogen-bond acceptors (Lipinski definition) is 4. The highest BCUT2D eigenvalue weighted by Gasteiger charge is 2.26. The van der Waals surface area contributed by atoms with Crippen LogP contribution >= 0.6 is 0 Å². The number of rotatable bonds is 7. The van der Waals surface area contributed by atoms with E-state index < -0.39 is 0 Å². The number of likely N-dealkylation sites (N-methyl/N-ethyl adjacent to an activating group) is 1. The Labute approximate surface area is 161 Å². The van der Waals surface area contributed by atoms with Gasteiger partial charge < -0.3 is 10.0 Å². The molecule has 5 heteroatoms. The molecule has 2 heterocycles. The SMILES string of the molecule is CN(CC(=O)N1CCCCC1CCc1cccc(O)c1)Cc1ccncc1. The van der Waals surface area contributed by atoms with Crippen molar-refractivity contribution in [2.45, 2.75) is 44.7 Å². The van der Waals surface area contributed by atoms with Crippen LogP contribution in [-0.4, -0.2) is 52.0 Å². The van der Waals surface area contributed by atoms with Crippen molar-refractivity contribution in [3.05, 3.63) is 59.9 Å². The molecular formula is C22H29N3O2. The quantitative estimate of drug-likeness (QED) is 0.816. The highest BCUT2D eigenvalue weighted by molar-refractivity contribution is 5.78. The van der Waals surface area contributed by atoms with Gasteiger partial charge in [-0.1, -0.05) is 12.1 Å². The standard InChI is InChI=1S/C22H29N3O2/c1-24(16-19-10-12-23-13-11-19)17-22(27)25-14-3-2-6-20(25)9-8-18-5-4-7-21(26)15-18/h4-5,7,10-13,15,20,26H,2-3,6,8-9,14,16-17H2,1H3. The van der Waals surface area contributed by atoms with E-state index in [1.807, 2.05) is 37.4 Å². The molecule has 1 aliphatic rings. The molecule has 1 N–H and O–H groups in total. The van der Waals surface area contributed by atoms with E-state index in [0.29, 0.717) is 18.3 Å². The van der Waals surface area contributed by atoms with Crippen molar-refractivity contribution in [1.82, 2.24) is 14.8 Å². The molecule has 1 amide bonds. The highest BCUT2D eigenvalue weighted by Crippen LogP contribution is 2.23. The van der Waals surface area contributed by atoms with Gasteiger partial charge in [0.05, 0.1) is 6.54 Å². The third-order valence-corrected chi connectivity index (χ3v) is 5.23. The average Bonchev–Trinajstić information content (AvgIpc) is 2.67. The zero-order chi connectivity index (χ0) is 19.1. The number of aromatic nitrogens is 1. The Balaban J connectivity index is 1.54. The van der Waals surface area contributed by atoms with Gasteiger partial charge in [0.2, 0.25) is 5.91 Å². The monoisotopic (exact) mass is 367 g/mol. The number of pyridine rings is 1. The Hall–Kier alpha value is -2.40. The summed E-state index contributed by atoms with van der Waals surface area (Å²) in [7, 11) is 1.99. The maximum absolute atomic E-state index is 12.9. The van der Waals surface area contributed by atoms with Crippen molar-refractivity contribution in [1.29, 1.82) is 0 Å². The van der Waals surface area contributed by atoms with Crippen molar-refractivity contribution in [2.75, 3.05) is 20.1 Å². The Kier molecular flexibility index (Phi) is 6.82. The number of aryl methyl sites for hydroxylation is 1. The molecule has 3 rings (SSSR count). The fraction of sp³-hybridized carbons (Fsp3) is 0.455. The maximum Gasteiger partial charge on any atom is 0.236 e. The molecule has 0 aliphatic carbocycles. The fourth-order valence-electron chi connectivity index (χ4n) is 3.85. The van der Waals surface area contributed by atoms with Crippen molar-refractivity contribution in [3.8, 4) is 5.75 Å².